The number of benzene rings is 2. The number of nitrogens with zero attached hydrogens (tertiary/aromatic N) is 1. The summed E-state index contributed by atoms with van der Waals surface area (Å²) in [6.45, 7) is 0.721. The number of halogens is 1. The molecule has 2 N–H and O–H groups in total. The second kappa shape index (κ2) is 8.21. The molecule has 152 valence electrons. The topological polar surface area (TPSA) is 78.9 Å². The van der Waals surface area contributed by atoms with Gasteiger partial charge >= 0.3 is 6.09 Å². The third-order valence-electron chi connectivity index (χ3n) is 5.62. The molecule has 4 rings (SSSR count). The van der Waals surface area contributed by atoms with Crippen LogP contribution >= 0.6 is 0 Å². The monoisotopic (exact) mass is 398 g/mol. The summed E-state index contributed by atoms with van der Waals surface area (Å²) in [5.41, 5.74) is 3.08. The molecule has 2 heterocycles. The van der Waals surface area contributed by atoms with Crippen molar-refractivity contribution in [3.8, 4) is 0 Å². The predicted octanol–water partition coefficient (Wildman–Crippen LogP) is 3.12. The molecule has 0 bridgehead atoms. The first-order chi connectivity index (χ1) is 14.0. The molecule has 2 amide bonds. The third kappa shape index (κ3) is 4.10. The lowest BCUT2D eigenvalue weighted by Gasteiger charge is -2.39. The van der Waals surface area contributed by atoms with Crippen molar-refractivity contribution in [1.29, 1.82) is 0 Å². The van der Waals surface area contributed by atoms with Gasteiger partial charge in [0.2, 0.25) is 0 Å². The van der Waals surface area contributed by atoms with Crippen LogP contribution in [0.25, 0.3) is 0 Å². The molecule has 2 aliphatic heterocycles. The highest BCUT2D eigenvalue weighted by Crippen LogP contribution is 2.36. The molecule has 2 aliphatic rings. The minimum absolute atomic E-state index is 0.105. The van der Waals surface area contributed by atoms with Gasteiger partial charge in [-0.15, -0.1) is 0 Å². The second-order valence-corrected chi connectivity index (χ2v) is 7.44. The number of fused-ring (bicyclic) bond motifs is 1. The van der Waals surface area contributed by atoms with Crippen molar-refractivity contribution in [3.05, 3.63) is 71.0 Å². The molecule has 0 unspecified atom stereocenters. The summed E-state index contributed by atoms with van der Waals surface area (Å²) < 4.78 is 19.3. The average Bonchev–Trinajstić information content (AvgIpc) is 3.21. The standard InChI is InChI=1S/C22H23FN2O4/c23-16-7-5-15(6-8-16)20-18-4-2-1-3-14(18)11-12-25(20)21(26)19-10-9-17(29-19)13-24-22(27)28/h1-8,17,19-20,24H,9-13H2,(H,27,28)/t17-,19-,20+/m1/s1. The van der Waals surface area contributed by atoms with Crippen molar-refractivity contribution in [1.82, 2.24) is 10.2 Å². The van der Waals surface area contributed by atoms with E-state index in [4.69, 9.17) is 9.84 Å². The van der Waals surface area contributed by atoms with Gasteiger partial charge in [-0.25, -0.2) is 9.18 Å². The van der Waals surface area contributed by atoms with E-state index in [1.165, 1.54) is 17.7 Å². The molecule has 0 aliphatic carbocycles. The molecular formula is C22H23FN2O4. The van der Waals surface area contributed by atoms with Crippen LogP contribution in [0.5, 0.6) is 0 Å². The van der Waals surface area contributed by atoms with Crippen molar-refractivity contribution in [2.24, 2.45) is 0 Å². The maximum atomic E-state index is 13.5. The molecule has 0 spiro atoms. The molecule has 2 aromatic carbocycles. The van der Waals surface area contributed by atoms with Crippen molar-refractivity contribution in [2.75, 3.05) is 13.1 Å². The van der Waals surface area contributed by atoms with Crippen LogP contribution < -0.4 is 5.32 Å². The Hall–Kier alpha value is -2.93. The lowest BCUT2D eigenvalue weighted by atomic mass is 9.87. The van der Waals surface area contributed by atoms with E-state index in [0.717, 1.165) is 17.5 Å². The quantitative estimate of drug-likeness (QED) is 0.830. The Bertz CT molecular complexity index is 902. The number of hydrogen-bond acceptors (Lipinski definition) is 3. The van der Waals surface area contributed by atoms with Crippen molar-refractivity contribution >= 4 is 12.0 Å². The van der Waals surface area contributed by atoms with Crippen LogP contribution in [-0.4, -0.2) is 47.3 Å². The van der Waals surface area contributed by atoms with Crippen LogP contribution in [0, 0.1) is 5.82 Å². The first kappa shape index (κ1) is 19.4. The van der Waals surface area contributed by atoms with Crippen molar-refractivity contribution < 1.29 is 23.8 Å². The van der Waals surface area contributed by atoms with Crippen LogP contribution in [0.1, 0.15) is 35.6 Å². The SMILES string of the molecule is O=C(O)NC[C@H]1CC[C@H](C(=O)N2CCc3ccccc3[C@@H]2c2ccc(F)cc2)O1. The molecule has 6 nitrogen and oxygen atoms in total. The number of ether oxygens (including phenoxy) is 1. The molecular weight excluding hydrogens is 375 g/mol. The number of hydrogen-bond donors (Lipinski definition) is 2. The smallest absolute Gasteiger partial charge is 0.404 e. The van der Waals surface area contributed by atoms with Crippen molar-refractivity contribution in [3.63, 3.8) is 0 Å². The molecule has 7 heteroatoms. The van der Waals surface area contributed by atoms with Crippen LogP contribution in [0.3, 0.4) is 0 Å². The number of carbonyl (C=O) groups is 2. The van der Waals surface area contributed by atoms with E-state index >= 15 is 0 Å². The summed E-state index contributed by atoms with van der Waals surface area (Å²) in [4.78, 5) is 25.8. The fraction of sp³-hybridized carbons (Fsp3) is 0.364. The fourth-order valence-corrected chi connectivity index (χ4v) is 4.23. The minimum Gasteiger partial charge on any atom is -0.465 e. The first-order valence-electron chi connectivity index (χ1n) is 9.79. The Kier molecular flexibility index (Phi) is 5.49. The highest BCUT2D eigenvalue weighted by Gasteiger charge is 2.39. The number of carbonyl (C=O) groups excluding carboxylic acids is 1. The van der Waals surface area contributed by atoms with Gasteiger partial charge in [0.15, 0.2) is 0 Å². The van der Waals surface area contributed by atoms with Gasteiger partial charge in [0.1, 0.15) is 11.9 Å². The Morgan fingerprint density at radius 3 is 2.66 bits per heavy atom. The fourth-order valence-electron chi connectivity index (χ4n) is 4.23. The average molecular weight is 398 g/mol. The Morgan fingerprint density at radius 2 is 1.90 bits per heavy atom. The van der Waals surface area contributed by atoms with E-state index in [0.29, 0.717) is 19.4 Å². The normalized spacial score (nSPS) is 23.5. The molecule has 3 atom stereocenters. The molecule has 1 fully saturated rings. The van der Waals surface area contributed by atoms with E-state index in [9.17, 15) is 14.0 Å². The summed E-state index contributed by atoms with van der Waals surface area (Å²) in [5.74, 6) is -0.421. The molecule has 29 heavy (non-hydrogen) atoms. The Labute approximate surface area is 168 Å². The van der Waals surface area contributed by atoms with Gasteiger partial charge in [0.25, 0.3) is 5.91 Å². The van der Waals surface area contributed by atoms with Gasteiger partial charge in [-0.3, -0.25) is 4.79 Å². The van der Waals surface area contributed by atoms with Gasteiger partial charge in [0, 0.05) is 13.1 Å². The predicted molar refractivity (Wildman–Crippen MR) is 104 cm³/mol. The lowest BCUT2D eigenvalue weighted by molar-refractivity contribution is -0.145. The first-order valence-corrected chi connectivity index (χ1v) is 9.79. The summed E-state index contributed by atoms with van der Waals surface area (Å²) in [6.07, 6.45) is -0.0739. The van der Waals surface area contributed by atoms with Crippen LogP contribution in [-0.2, 0) is 16.0 Å². The zero-order chi connectivity index (χ0) is 20.4. The van der Waals surface area contributed by atoms with E-state index in [1.807, 2.05) is 23.1 Å². The molecule has 0 saturated carbocycles. The lowest BCUT2D eigenvalue weighted by Crippen LogP contribution is -2.45. The van der Waals surface area contributed by atoms with Crippen LogP contribution in [0.2, 0.25) is 0 Å². The maximum Gasteiger partial charge on any atom is 0.404 e. The second-order valence-electron chi connectivity index (χ2n) is 7.44. The number of carboxylic acid groups (broad SMARTS) is 1. The largest absolute Gasteiger partial charge is 0.465 e. The van der Waals surface area contributed by atoms with E-state index in [2.05, 4.69) is 11.4 Å². The molecule has 2 aromatic rings. The zero-order valence-corrected chi connectivity index (χ0v) is 15.9. The van der Waals surface area contributed by atoms with Gasteiger partial charge in [0.05, 0.1) is 12.1 Å². The molecule has 0 aromatic heterocycles. The number of nitrogens with one attached hydrogen (secondary N) is 1. The number of rotatable bonds is 4. The zero-order valence-electron chi connectivity index (χ0n) is 15.9. The van der Waals surface area contributed by atoms with Crippen LogP contribution in [0.4, 0.5) is 9.18 Å². The Morgan fingerprint density at radius 1 is 1.14 bits per heavy atom. The molecule has 0 radical (unpaired) electrons. The summed E-state index contributed by atoms with van der Waals surface area (Å²) in [7, 11) is 0. The minimum atomic E-state index is -1.10. The number of amides is 2. The van der Waals surface area contributed by atoms with Gasteiger partial charge < -0.3 is 20.1 Å². The van der Waals surface area contributed by atoms with Gasteiger partial charge in [-0.05, 0) is 48.1 Å². The Balaban J connectivity index is 1.58. The highest BCUT2D eigenvalue weighted by molar-refractivity contribution is 5.82. The van der Waals surface area contributed by atoms with Crippen LogP contribution in [0.15, 0.2) is 48.5 Å². The van der Waals surface area contributed by atoms with Crippen molar-refractivity contribution in [2.45, 2.75) is 37.5 Å². The summed E-state index contributed by atoms with van der Waals surface area (Å²) in [6, 6.07) is 14.0. The van der Waals surface area contributed by atoms with E-state index in [1.54, 1.807) is 12.1 Å². The van der Waals surface area contributed by atoms with E-state index in [-0.39, 0.29) is 30.4 Å². The maximum absolute atomic E-state index is 13.5. The summed E-state index contributed by atoms with van der Waals surface area (Å²) in [5, 5.41) is 11.1. The molecule has 1 saturated heterocycles. The van der Waals surface area contributed by atoms with Gasteiger partial charge in [-0.1, -0.05) is 36.4 Å². The summed E-state index contributed by atoms with van der Waals surface area (Å²) >= 11 is 0. The third-order valence-corrected chi connectivity index (χ3v) is 5.62. The van der Waals surface area contributed by atoms with E-state index < -0.39 is 12.2 Å². The highest BCUT2D eigenvalue weighted by atomic mass is 19.1. The van der Waals surface area contributed by atoms with Gasteiger partial charge in [-0.2, -0.15) is 0 Å².